The van der Waals surface area contributed by atoms with Gasteiger partial charge in [0.05, 0.1) is 27.7 Å². The summed E-state index contributed by atoms with van der Waals surface area (Å²) >= 11 is 0. The second-order valence-corrected chi connectivity index (χ2v) is 21.4. The third kappa shape index (κ3) is 50.3. The zero-order valence-electron chi connectivity index (χ0n) is 42.6. The molecule has 0 rings (SSSR count). The van der Waals surface area contributed by atoms with Crippen LogP contribution >= 0.6 is 7.82 Å². The van der Waals surface area contributed by atoms with E-state index in [0.717, 1.165) is 38.5 Å². The Kier molecular flexibility index (Phi) is 45.4. The first kappa shape index (κ1) is 62.0. The highest BCUT2D eigenvalue weighted by Crippen LogP contribution is 2.43. The Labute approximate surface area is 391 Å². The molecule has 0 bridgehead atoms. The van der Waals surface area contributed by atoms with Crippen molar-refractivity contribution >= 4 is 19.8 Å². The van der Waals surface area contributed by atoms with Crippen LogP contribution in [-0.4, -0.2) is 74.9 Å². The average molecular weight is 917 g/mol. The lowest BCUT2D eigenvalue weighted by molar-refractivity contribution is -0.870. The smallest absolute Gasteiger partial charge is 0.462 e. The molecule has 0 radical (unpaired) electrons. The fourth-order valence-electron chi connectivity index (χ4n) is 8.14. The van der Waals surface area contributed by atoms with Crippen LogP contribution in [0.1, 0.15) is 277 Å². The molecule has 0 aliphatic carbocycles. The van der Waals surface area contributed by atoms with Crippen LogP contribution < -0.4 is 0 Å². The van der Waals surface area contributed by atoms with Gasteiger partial charge in [-0.15, -0.1) is 0 Å². The zero-order valence-corrected chi connectivity index (χ0v) is 43.5. The molecule has 10 heteroatoms. The predicted molar refractivity (Wildman–Crippen MR) is 266 cm³/mol. The van der Waals surface area contributed by atoms with Crippen molar-refractivity contribution in [3.8, 4) is 0 Å². The van der Waals surface area contributed by atoms with Crippen molar-refractivity contribution in [3.05, 3.63) is 0 Å². The highest BCUT2D eigenvalue weighted by atomic mass is 31.2. The normalized spacial score (nSPS) is 13.3. The van der Waals surface area contributed by atoms with Crippen LogP contribution in [0.4, 0.5) is 0 Å². The number of ether oxygens (including phenoxy) is 2. The number of carbonyl (C=O) groups excluding carboxylic acids is 2. The van der Waals surface area contributed by atoms with Gasteiger partial charge in [-0.25, -0.2) is 4.57 Å². The van der Waals surface area contributed by atoms with E-state index in [4.69, 9.17) is 18.5 Å². The first-order valence-electron chi connectivity index (χ1n) is 27.3. The number of esters is 2. The molecule has 0 spiro atoms. The maximum absolute atomic E-state index is 12.7. The molecule has 0 heterocycles. The Morgan fingerprint density at radius 2 is 0.714 bits per heavy atom. The molecule has 0 fully saturated rings. The molecule has 0 aliphatic heterocycles. The van der Waals surface area contributed by atoms with Crippen molar-refractivity contribution in [2.75, 3.05) is 47.5 Å². The zero-order chi connectivity index (χ0) is 46.4. The van der Waals surface area contributed by atoms with Crippen molar-refractivity contribution < 1.29 is 42.1 Å². The van der Waals surface area contributed by atoms with Gasteiger partial charge in [-0.2, -0.15) is 0 Å². The summed E-state index contributed by atoms with van der Waals surface area (Å²) in [5.41, 5.74) is 0. The molecule has 9 nitrogen and oxygen atoms in total. The molecular formula is C53H107NO8P+. The number of hydrogen-bond acceptors (Lipinski definition) is 7. The second kappa shape index (κ2) is 46.1. The highest BCUT2D eigenvalue weighted by molar-refractivity contribution is 7.47. The lowest BCUT2D eigenvalue weighted by atomic mass is 10.0. The first-order valence-corrected chi connectivity index (χ1v) is 28.8. The van der Waals surface area contributed by atoms with Gasteiger partial charge in [0.15, 0.2) is 6.10 Å². The van der Waals surface area contributed by atoms with Crippen LogP contribution in [0.3, 0.4) is 0 Å². The van der Waals surface area contributed by atoms with Crippen LogP contribution in [0.15, 0.2) is 0 Å². The van der Waals surface area contributed by atoms with Gasteiger partial charge in [-0.05, 0) is 12.8 Å². The number of unbranched alkanes of at least 4 members (excludes halogenated alkanes) is 37. The Hall–Kier alpha value is -0.990. The second-order valence-electron chi connectivity index (χ2n) is 20.0. The molecule has 0 amide bonds. The molecule has 2 atom stereocenters. The summed E-state index contributed by atoms with van der Waals surface area (Å²) in [5.74, 6) is -0.782. The summed E-state index contributed by atoms with van der Waals surface area (Å²) in [5, 5.41) is 0. The predicted octanol–water partition coefficient (Wildman–Crippen LogP) is 16.3. The minimum absolute atomic E-state index is 0.0369. The van der Waals surface area contributed by atoms with Crippen LogP contribution in [0.5, 0.6) is 0 Å². The third-order valence-electron chi connectivity index (χ3n) is 12.4. The summed E-state index contributed by atoms with van der Waals surface area (Å²) in [6, 6.07) is 0. The van der Waals surface area contributed by atoms with Crippen molar-refractivity contribution in [2.45, 2.75) is 283 Å². The summed E-state index contributed by atoms with van der Waals surface area (Å²) in [4.78, 5) is 35.4. The van der Waals surface area contributed by atoms with Gasteiger partial charge in [0, 0.05) is 12.8 Å². The molecule has 376 valence electrons. The summed E-state index contributed by atoms with van der Waals surface area (Å²) in [6.07, 6.45) is 50.5. The maximum atomic E-state index is 12.7. The Balaban J connectivity index is 3.97. The van der Waals surface area contributed by atoms with Crippen molar-refractivity contribution in [2.24, 2.45) is 0 Å². The van der Waals surface area contributed by atoms with Crippen LogP contribution in [-0.2, 0) is 32.7 Å². The van der Waals surface area contributed by atoms with Crippen molar-refractivity contribution in [1.29, 1.82) is 0 Å². The minimum Gasteiger partial charge on any atom is -0.462 e. The topological polar surface area (TPSA) is 108 Å². The van der Waals surface area contributed by atoms with E-state index in [0.29, 0.717) is 17.4 Å². The number of phosphoric ester groups is 1. The Bertz CT molecular complexity index is 1040. The van der Waals surface area contributed by atoms with Gasteiger partial charge in [0.2, 0.25) is 0 Å². The van der Waals surface area contributed by atoms with Gasteiger partial charge in [0.25, 0.3) is 0 Å². The number of likely N-dealkylation sites (N-methyl/N-ethyl adjacent to an activating group) is 1. The van der Waals surface area contributed by atoms with Crippen molar-refractivity contribution in [1.82, 2.24) is 0 Å². The minimum atomic E-state index is -4.37. The van der Waals surface area contributed by atoms with E-state index in [1.807, 2.05) is 21.1 Å². The quantitative estimate of drug-likeness (QED) is 0.0278. The molecule has 0 aromatic carbocycles. The van der Waals surface area contributed by atoms with Gasteiger partial charge in [0.1, 0.15) is 19.8 Å². The van der Waals surface area contributed by atoms with Crippen LogP contribution in [0, 0.1) is 0 Å². The SMILES string of the molecule is CCCCCCCCCCCCCCCCCCCCCCCCCCCCCCCC(=O)OC(COC(=O)CCCCCCCCCCCC)COP(=O)(O)OCC[N+](C)(C)C. The third-order valence-corrected chi connectivity index (χ3v) is 13.4. The lowest BCUT2D eigenvalue weighted by Gasteiger charge is -2.24. The van der Waals surface area contributed by atoms with Gasteiger partial charge < -0.3 is 18.9 Å². The van der Waals surface area contributed by atoms with E-state index in [1.165, 1.54) is 212 Å². The number of nitrogens with zero attached hydrogens (tertiary/aromatic N) is 1. The summed E-state index contributed by atoms with van der Waals surface area (Å²) in [7, 11) is 1.50. The Morgan fingerprint density at radius 3 is 1.02 bits per heavy atom. The van der Waals surface area contributed by atoms with Crippen LogP contribution in [0.25, 0.3) is 0 Å². The molecule has 1 N–H and O–H groups in total. The molecule has 0 saturated heterocycles. The van der Waals surface area contributed by atoms with E-state index in [1.54, 1.807) is 0 Å². The van der Waals surface area contributed by atoms with E-state index in [2.05, 4.69) is 13.8 Å². The molecular weight excluding hydrogens is 810 g/mol. The number of carbonyl (C=O) groups is 2. The fraction of sp³-hybridized carbons (Fsp3) is 0.962. The number of phosphoric acid groups is 1. The average Bonchev–Trinajstić information content (AvgIpc) is 3.24. The van der Waals surface area contributed by atoms with E-state index in [-0.39, 0.29) is 25.6 Å². The lowest BCUT2D eigenvalue weighted by Crippen LogP contribution is -2.37. The maximum Gasteiger partial charge on any atom is 0.472 e. The van der Waals surface area contributed by atoms with Crippen LogP contribution in [0.2, 0.25) is 0 Å². The first-order chi connectivity index (χ1) is 30.5. The molecule has 2 unspecified atom stereocenters. The standard InChI is InChI=1S/C53H106NO8P/c1-6-8-10-12-14-16-18-19-20-21-22-23-24-25-26-27-28-29-30-31-32-33-34-35-36-38-40-42-44-46-53(56)62-51(50-61-63(57,58)60-48-47-54(3,4)5)49-59-52(55)45-43-41-39-37-17-15-13-11-9-7-2/h51H,6-50H2,1-5H3/p+1. The highest BCUT2D eigenvalue weighted by Gasteiger charge is 2.27. The summed E-state index contributed by atoms with van der Waals surface area (Å²) < 4.78 is 34.4. The van der Waals surface area contributed by atoms with E-state index in [9.17, 15) is 19.0 Å². The van der Waals surface area contributed by atoms with Gasteiger partial charge in [-0.3, -0.25) is 18.6 Å². The molecule has 0 saturated carbocycles. The summed E-state index contributed by atoms with van der Waals surface area (Å²) in [6.45, 7) is 4.46. The van der Waals surface area contributed by atoms with E-state index < -0.39 is 26.5 Å². The largest absolute Gasteiger partial charge is 0.472 e. The van der Waals surface area contributed by atoms with Gasteiger partial charge >= 0.3 is 19.8 Å². The molecule has 0 aromatic rings. The number of rotatable bonds is 51. The monoisotopic (exact) mass is 917 g/mol. The number of quaternary nitrogens is 1. The fourth-order valence-corrected chi connectivity index (χ4v) is 8.88. The van der Waals surface area contributed by atoms with E-state index >= 15 is 0 Å². The molecule has 63 heavy (non-hydrogen) atoms. The molecule has 0 aliphatic rings. The number of hydrogen-bond donors (Lipinski definition) is 1. The Morgan fingerprint density at radius 1 is 0.429 bits per heavy atom. The van der Waals surface area contributed by atoms with Gasteiger partial charge in [-0.1, -0.05) is 251 Å². The molecule has 0 aromatic heterocycles. The van der Waals surface area contributed by atoms with Crippen molar-refractivity contribution in [3.63, 3.8) is 0 Å².